The van der Waals surface area contributed by atoms with Gasteiger partial charge in [-0.25, -0.2) is 4.68 Å². The SMILES string of the molecule is CN(Cc1ccc(-n2ccc(C(F)(F)F)n2)cc1)CC(C)(C)O. The molecule has 0 aliphatic heterocycles. The van der Waals surface area contributed by atoms with Gasteiger partial charge in [-0.05, 0) is 44.7 Å². The maximum Gasteiger partial charge on any atom is 0.435 e. The molecule has 4 nitrogen and oxygen atoms in total. The van der Waals surface area contributed by atoms with Crippen LogP contribution in [0.5, 0.6) is 0 Å². The third-order valence-corrected chi connectivity index (χ3v) is 3.19. The van der Waals surface area contributed by atoms with E-state index in [4.69, 9.17) is 0 Å². The molecule has 1 aromatic heterocycles. The minimum absolute atomic E-state index is 0.517. The Balaban J connectivity index is 2.06. The molecule has 0 amide bonds. The molecular weight excluding hydrogens is 307 g/mol. The summed E-state index contributed by atoms with van der Waals surface area (Å²) in [6.45, 7) is 4.63. The topological polar surface area (TPSA) is 41.3 Å². The van der Waals surface area contributed by atoms with Gasteiger partial charge in [-0.2, -0.15) is 18.3 Å². The average molecular weight is 327 g/mol. The molecule has 0 bridgehead atoms. The number of hydrogen-bond acceptors (Lipinski definition) is 3. The lowest BCUT2D eigenvalue weighted by atomic mass is 10.1. The number of nitrogens with zero attached hydrogens (tertiary/aromatic N) is 3. The molecule has 0 saturated carbocycles. The summed E-state index contributed by atoms with van der Waals surface area (Å²) in [5, 5.41) is 13.3. The number of aromatic nitrogens is 2. The van der Waals surface area contributed by atoms with Crippen molar-refractivity contribution in [3.05, 3.63) is 47.8 Å². The van der Waals surface area contributed by atoms with E-state index in [1.54, 1.807) is 26.0 Å². The van der Waals surface area contributed by atoms with E-state index in [0.717, 1.165) is 11.6 Å². The summed E-state index contributed by atoms with van der Waals surface area (Å²) in [6.07, 6.45) is -3.15. The Bertz CT molecular complexity index is 642. The Kier molecular flexibility index (Phi) is 4.81. The normalized spacial score (nSPS) is 12.9. The van der Waals surface area contributed by atoms with Gasteiger partial charge >= 0.3 is 6.18 Å². The Hall–Kier alpha value is -1.86. The van der Waals surface area contributed by atoms with Crippen molar-refractivity contribution in [2.75, 3.05) is 13.6 Å². The standard InChI is InChI=1S/C16H20F3N3O/c1-15(2,23)11-21(3)10-12-4-6-13(7-5-12)22-9-8-14(20-22)16(17,18)19/h4-9,23H,10-11H2,1-3H3. The minimum Gasteiger partial charge on any atom is -0.389 e. The number of aliphatic hydroxyl groups is 1. The second-order valence-corrected chi connectivity index (χ2v) is 6.29. The van der Waals surface area contributed by atoms with Crippen LogP contribution in [-0.2, 0) is 12.7 Å². The molecule has 0 radical (unpaired) electrons. The molecule has 0 unspecified atom stereocenters. The predicted molar refractivity (Wildman–Crippen MR) is 81.2 cm³/mol. The monoisotopic (exact) mass is 327 g/mol. The molecule has 0 saturated heterocycles. The molecule has 0 fully saturated rings. The van der Waals surface area contributed by atoms with Crippen LogP contribution in [0.3, 0.4) is 0 Å². The van der Waals surface area contributed by atoms with Crippen molar-refractivity contribution >= 4 is 0 Å². The van der Waals surface area contributed by atoms with E-state index >= 15 is 0 Å². The highest BCUT2D eigenvalue weighted by Gasteiger charge is 2.33. The molecule has 126 valence electrons. The summed E-state index contributed by atoms with van der Waals surface area (Å²) in [7, 11) is 1.90. The molecule has 0 aliphatic rings. The van der Waals surface area contributed by atoms with E-state index in [1.807, 2.05) is 24.1 Å². The second-order valence-electron chi connectivity index (χ2n) is 6.29. The molecule has 0 aliphatic carbocycles. The van der Waals surface area contributed by atoms with Gasteiger partial charge in [-0.3, -0.25) is 4.90 Å². The summed E-state index contributed by atoms with van der Waals surface area (Å²) in [6, 6.07) is 8.07. The Morgan fingerprint density at radius 1 is 1.13 bits per heavy atom. The molecule has 7 heteroatoms. The molecule has 2 aromatic rings. The first-order chi connectivity index (χ1) is 10.5. The van der Waals surface area contributed by atoms with Crippen LogP contribution in [0.15, 0.2) is 36.5 Å². The fourth-order valence-corrected chi connectivity index (χ4v) is 2.40. The lowest BCUT2D eigenvalue weighted by Crippen LogP contribution is -2.35. The highest BCUT2D eigenvalue weighted by Crippen LogP contribution is 2.27. The van der Waals surface area contributed by atoms with Crippen LogP contribution in [0.4, 0.5) is 13.2 Å². The largest absolute Gasteiger partial charge is 0.435 e. The van der Waals surface area contributed by atoms with Gasteiger partial charge in [0, 0.05) is 19.3 Å². The van der Waals surface area contributed by atoms with Gasteiger partial charge in [0.25, 0.3) is 0 Å². The average Bonchev–Trinajstić information content (AvgIpc) is 2.86. The van der Waals surface area contributed by atoms with E-state index < -0.39 is 17.5 Å². The molecule has 1 heterocycles. The minimum atomic E-state index is -4.44. The van der Waals surface area contributed by atoms with Crippen molar-refractivity contribution in [3.8, 4) is 5.69 Å². The zero-order valence-corrected chi connectivity index (χ0v) is 13.3. The maximum atomic E-state index is 12.6. The Morgan fingerprint density at radius 2 is 1.74 bits per heavy atom. The molecule has 0 atom stereocenters. The fourth-order valence-electron chi connectivity index (χ4n) is 2.40. The summed E-state index contributed by atoms with van der Waals surface area (Å²) < 4.78 is 38.9. The van der Waals surface area contributed by atoms with Crippen LogP contribution in [0.25, 0.3) is 5.69 Å². The van der Waals surface area contributed by atoms with E-state index in [2.05, 4.69) is 5.10 Å². The van der Waals surface area contributed by atoms with Crippen molar-refractivity contribution in [3.63, 3.8) is 0 Å². The Labute approximate surface area is 133 Å². The van der Waals surface area contributed by atoms with E-state index in [0.29, 0.717) is 18.8 Å². The van der Waals surface area contributed by atoms with E-state index in [1.165, 1.54) is 10.9 Å². The summed E-state index contributed by atoms with van der Waals surface area (Å²) in [5.41, 5.74) is -0.123. The van der Waals surface area contributed by atoms with Gasteiger partial charge in [0.2, 0.25) is 0 Å². The third kappa shape index (κ3) is 5.07. The maximum absolute atomic E-state index is 12.6. The van der Waals surface area contributed by atoms with Gasteiger partial charge in [0.05, 0.1) is 11.3 Å². The molecule has 1 N–H and O–H groups in total. The van der Waals surface area contributed by atoms with Crippen LogP contribution in [0, 0.1) is 0 Å². The first-order valence-corrected chi connectivity index (χ1v) is 7.18. The molecule has 0 spiro atoms. The van der Waals surface area contributed by atoms with Crippen LogP contribution in [-0.4, -0.2) is 39.0 Å². The first kappa shape index (κ1) is 17.5. The van der Waals surface area contributed by atoms with Crippen molar-refractivity contribution in [2.24, 2.45) is 0 Å². The van der Waals surface area contributed by atoms with Gasteiger partial charge in [-0.1, -0.05) is 12.1 Å². The quantitative estimate of drug-likeness (QED) is 0.917. The molecule has 23 heavy (non-hydrogen) atoms. The molecule has 1 aromatic carbocycles. The zero-order valence-electron chi connectivity index (χ0n) is 13.3. The fraction of sp³-hybridized carbons (Fsp3) is 0.438. The highest BCUT2D eigenvalue weighted by molar-refractivity contribution is 5.34. The lowest BCUT2D eigenvalue weighted by Gasteiger charge is -2.25. The number of benzene rings is 1. The number of halogens is 3. The highest BCUT2D eigenvalue weighted by atomic mass is 19.4. The number of rotatable bonds is 5. The number of hydrogen-bond donors (Lipinski definition) is 1. The lowest BCUT2D eigenvalue weighted by molar-refractivity contribution is -0.141. The summed E-state index contributed by atoms with van der Waals surface area (Å²) in [4.78, 5) is 1.98. The van der Waals surface area contributed by atoms with E-state index in [9.17, 15) is 18.3 Å². The number of alkyl halides is 3. The van der Waals surface area contributed by atoms with Crippen LogP contribution < -0.4 is 0 Å². The van der Waals surface area contributed by atoms with Crippen LogP contribution in [0.1, 0.15) is 25.1 Å². The molecule has 2 rings (SSSR count). The first-order valence-electron chi connectivity index (χ1n) is 7.18. The third-order valence-electron chi connectivity index (χ3n) is 3.19. The van der Waals surface area contributed by atoms with E-state index in [-0.39, 0.29) is 0 Å². The summed E-state index contributed by atoms with van der Waals surface area (Å²) in [5.74, 6) is 0. The van der Waals surface area contributed by atoms with Gasteiger partial charge < -0.3 is 5.11 Å². The zero-order chi connectivity index (χ0) is 17.3. The van der Waals surface area contributed by atoms with Crippen LogP contribution >= 0.6 is 0 Å². The smallest absolute Gasteiger partial charge is 0.389 e. The number of likely N-dealkylation sites (N-methyl/N-ethyl adjacent to an activating group) is 1. The van der Waals surface area contributed by atoms with Crippen LogP contribution in [0.2, 0.25) is 0 Å². The van der Waals surface area contributed by atoms with Crippen molar-refractivity contribution in [2.45, 2.75) is 32.2 Å². The Morgan fingerprint density at radius 3 is 2.22 bits per heavy atom. The predicted octanol–water partition coefficient (Wildman–Crippen LogP) is 3.09. The molecular formula is C16H20F3N3O. The van der Waals surface area contributed by atoms with Gasteiger partial charge in [0.15, 0.2) is 5.69 Å². The van der Waals surface area contributed by atoms with Crippen molar-refractivity contribution in [1.82, 2.24) is 14.7 Å². The second kappa shape index (κ2) is 6.33. The van der Waals surface area contributed by atoms with Gasteiger partial charge in [0.1, 0.15) is 0 Å². The summed E-state index contributed by atoms with van der Waals surface area (Å²) >= 11 is 0. The van der Waals surface area contributed by atoms with Crippen molar-refractivity contribution < 1.29 is 18.3 Å². The van der Waals surface area contributed by atoms with Crippen molar-refractivity contribution in [1.29, 1.82) is 0 Å². The van der Waals surface area contributed by atoms with Gasteiger partial charge in [-0.15, -0.1) is 0 Å².